The van der Waals surface area contributed by atoms with E-state index in [0.29, 0.717) is 24.9 Å². The van der Waals surface area contributed by atoms with Crippen LogP contribution in [0.25, 0.3) is 11.2 Å². The van der Waals surface area contributed by atoms with Crippen molar-refractivity contribution in [1.82, 2.24) is 19.5 Å². The number of fused-ring (bicyclic) bond motifs is 1. The van der Waals surface area contributed by atoms with Gasteiger partial charge in [0.25, 0.3) is 0 Å². The highest BCUT2D eigenvalue weighted by Crippen LogP contribution is 2.23. The molecule has 2 heterocycles. The van der Waals surface area contributed by atoms with E-state index in [1.807, 2.05) is 71.2 Å². The number of hydrogen-bond donors (Lipinski definition) is 3. The van der Waals surface area contributed by atoms with Crippen LogP contribution in [0.5, 0.6) is 0 Å². The average Bonchev–Trinajstić information content (AvgIpc) is 3.21. The van der Waals surface area contributed by atoms with Crippen molar-refractivity contribution in [2.45, 2.75) is 74.6 Å². The molecular formula is C24H40N6O. The van der Waals surface area contributed by atoms with E-state index in [2.05, 4.69) is 44.6 Å². The maximum Gasteiger partial charge on any atom is 0.226 e. The molecule has 0 bridgehead atoms. The fraction of sp³-hybridized carbons (Fsp3) is 0.542. The molecule has 0 fully saturated rings. The fourth-order valence-electron chi connectivity index (χ4n) is 2.65. The van der Waals surface area contributed by atoms with Gasteiger partial charge in [0, 0.05) is 19.6 Å². The van der Waals surface area contributed by atoms with Gasteiger partial charge in [0.2, 0.25) is 5.95 Å². The molecular weight excluding hydrogens is 388 g/mol. The fourth-order valence-corrected chi connectivity index (χ4v) is 2.65. The number of anilines is 2. The molecule has 0 radical (unpaired) electrons. The van der Waals surface area contributed by atoms with Crippen molar-refractivity contribution < 1.29 is 5.11 Å². The van der Waals surface area contributed by atoms with E-state index in [-0.39, 0.29) is 5.41 Å². The van der Waals surface area contributed by atoms with Crippen molar-refractivity contribution in [1.29, 1.82) is 0 Å². The molecule has 3 rings (SSSR count). The Morgan fingerprint density at radius 1 is 1.00 bits per heavy atom. The van der Waals surface area contributed by atoms with Gasteiger partial charge in [-0.05, 0) is 17.9 Å². The number of aliphatic hydroxyl groups excluding tert-OH is 1. The third kappa shape index (κ3) is 7.51. The van der Waals surface area contributed by atoms with E-state index in [0.717, 1.165) is 23.3 Å². The maximum atomic E-state index is 10.3. The Bertz CT molecular complexity index is 886. The first-order valence-corrected chi connectivity index (χ1v) is 11.3. The highest BCUT2D eigenvalue weighted by Gasteiger charge is 2.22. The molecule has 172 valence electrons. The Morgan fingerprint density at radius 3 is 2.23 bits per heavy atom. The Morgan fingerprint density at radius 2 is 1.65 bits per heavy atom. The number of rotatable bonds is 7. The van der Waals surface area contributed by atoms with Crippen LogP contribution in [-0.4, -0.2) is 37.3 Å². The van der Waals surface area contributed by atoms with Crippen molar-refractivity contribution >= 4 is 22.9 Å². The number of aromatic nitrogens is 4. The van der Waals surface area contributed by atoms with Crippen molar-refractivity contribution in [3.05, 3.63) is 42.2 Å². The zero-order valence-electron chi connectivity index (χ0n) is 20.4. The number of aliphatic hydroxyl groups is 1. The third-order valence-electron chi connectivity index (χ3n) is 4.56. The molecule has 7 heteroatoms. The van der Waals surface area contributed by atoms with Crippen LogP contribution < -0.4 is 10.6 Å². The summed E-state index contributed by atoms with van der Waals surface area (Å²) in [6.45, 7) is 17.9. The molecule has 0 amide bonds. The molecule has 0 saturated carbocycles. The smallest absolute Gasteiger partial charge is 0.226 e. The average molecular weight is 429 g/mol. The standard InChI is InChI=1S/C20H28N6O.2C2H6/c1-5-26-13-23-16-17(21-11-14-9-7-6-8-10-14)24-19(25-18(16)26)22-12-15(27)20(2,3)4;2*1-2/h6-10,13,15,27H,5,11-12H2,1-4H3,(H2,21,22,24,25);2*1-2H3. The number of hydrogen-bond acceptors (Lipinski definition) is 6. The molecule has 0 spiro atoms. The Kier molecular flexibility index (Phi) is 11.0. The van der Waals surface area contributed by atoms with Crippen LogP contribution in [-0.2, 0) is 13.1 Å². The summed E-state index contributed by atoms with van der Waals surface area (Å²) >= 11 is 0. The molecule has 0 saturated heterocycles. The second-order valence-electron chi connectivity index (χ2n) is 7.70. The van der Waals surface area contributed by atoms with E-state index in [1.165, 1.54) is 0 Å². The number of imidazole rings is 1. The summed E-state index contributed by atoms with van der Waals surface area (Å²) in [5.74, 6) is 1.17. The minimum absolute atomic E-state index is 0.212. The number of nitrogens with one attached hydrogen (secondary N) is 2. The van der Waals surface area contributed by atoms with Gasteiger partial charge in [-0.3, -0.25) is 0 Å². The molecule has 31 heavy (non-hydrogen) atoms. The SMILES string of the molecule is CC.CC.CCn1cnc2c(NCc3ccccc3)nc(NCC(O)C(C)(C)C)nc21. The minimum atomic E-state index is -0.506. The first-order valence-electron chi connectivity index (χ1n) is 11.3. The van der Waals surface area contributed by atoms with Gasteiger partial charge < -0.3 is 20.3 Å². The molecule has 1 unspecified atom stereocenters. The van der Waals surface area contributed by atoms with Gasteiger partial charge >= 0.3 is 0 Å². The van der Waals surface area contributed by atoms with Crippen molar-refractivity contribution in [3.63, 3.8) is 0 Å². The van der Waals surface area contributed by atoms with E-state index < -0.39 is 6.10 Å². The van der Waals surface area contributed by atoms with E-state index in [9.17, 15) is 5.11 Å². The predicted octanol–water partition coefficient (Wildman–Crippen LogP) is 5.33. The van der Waals surface area contributed by atoms with Crippen molar-refractivity contribution in [3.8, 4) is 0 Å². The molecule has 0 aliphatic heterocycles. The number of aryl methyl sites for hydroxylation is 1. The molecule has 3 N–H and O–H groups in total. The summed E-state index contributed by atoms with van der Waals surface area (Å²) in [6.07, 6.45) is 1.27. The van der Waals surface area contributed by atoms with Crippen LogP contribution in [0.1, 0.15) is 61.0 Å². The van der Waals surface area contributed by atoms with Crippen LogP contribution in [0.15, 0.2) is 36.7 Å². The maximum absolute atomic E-state index is 10.3. The normalized spacial score (nSPS) is 11.6. The summed E-state index contributed by atoms with van der Waals surface area (Å²) in [7, 11) is 0. The van der Waals surface area contributed by atoms with Gasteiger partial charge in [-0.15, -0.1) is 0 Å². The van der Waals surface area contributed by atoms with Crippen LogP contribution in [0.3, 0.4) is 0 Å². The molecule has 0 aliphatic carbocycles. The molecule has 0 aliphatic rings. The lowest BCUT2D eigenvalue weighted by Gasteiger charge is -2.25. The lowest BCUT2D eigenvalue weighted by atomic mass is 9.89. The van der Waals surface area contributed by atoms with Crippen LogP contribution in [0, 0.1) is 5.41 Å². The first-order chi connectivity index (χ1) is 14.9. The summed E-state index contributed by atoms with van der Waals surface area (Å²) in [6, 6.07) is 10.2. The zero-order valence-corrected chi connectivity index (χ0v) is 20.4. The Labute approximate surface area is 187 Å². The summed E-state index contributed by atoms with van der Waals surface area (Å²) in [5.41, 5.74) is 2.47. The summed E-state index contributed by atoms with van der Waals surface area (Å²) < 4.78 is 1.98. The van der Waals surface area contributed by atoms with Gasteiger partial charge in [0.05, 0.1) is 12.4 Å². The van der Waals surface area contributed by atoms with Crippen molar-refractivity contribution in [2.24, 2.45) is 5.41 Å². The number of benzene rings is 1. The van der Waals surface area contributed by atoms with Crippen LogP contribution in [0.4, 0.5) is 11.8 Å². The molecule has 7 nitrogen and oxygen atoms in total. The Balaban J connectivity index is 0.00000113. The minimum Gasteiger partial charge on any atom is -0.391 e. The van der Waals surface area contributed by atoms with Crippen molar-refractivity contribution in [2.75, 3.05) is 17.2 Å². The van der Waals surface area contributed by atoms with Gasteiger partial charge in [0.15, 0.2) is 17.0 Å². The van der Waals surface area contributed by atoms with Gasteiger partial charge in [-0.1, -0.05) is 78.8 Å². The summed E-state index contributed by atoms with van der Waals surface area (Å²) in [4.78, 5) is 13.7. The molecule has 1 aromatic carbocycles. The quantitative estimate of drug-likeness (QED) is 0.471. The van der Waals surface area contributed by atoms with Gasteiger partial charge in [-0.25, -0.2) is 4.98 Å². The number of nitrogens with zero attached hydrogens (tertiary/aromatic N) is 4. The molecule has 2 aromatic heterocycles. The topological polar surface area (TPSA) is 87.9 Å². The van der Waals surface area contributed by atoms with E-state index in [4.69, 9.17) is 0 Å². The second-order valence-corrected chi connectivity index (χ2v) is 7.70. The van der Waals surface area contributed by atoms with Gasteiger partial charge in [-0.2, -0.15) is 9.97 Å². The second kappa shape index (κ2) is 12.9. The Hall–Kier alpha value is -2.67. The largest absolute Gasteiger partial charge is 0.391 e. The summed E-state index contributed by atoms with van der Waals surface area (Å²) in [5, 5.41) is 16.8. The first kappa shape index (κ1) is 26.4. The predicted molar refractivity (Wildman–Crippen MR) is 131 cm³/mol. The lowest BCUT2D eigenvalue weighted by molar-refractivity contribution is 0.0744. The van der Waals surface area contributed by atoms with Gasteiger partial charge in [0.1, 0.15) is 0 Å². The van der Waals surface area contributed by atoms with E-state index >= 15 is 0 Å². The molecule has 1 atom stereocenters. The van der Waals surface area contributed by atoms with Crippen LogP contribution in [0.2, 0.25) is 0 Å². The monoisotopic (exact) mass is 428 g/mol. The molecule has 3 aromatic rings. The van der Waals surface area contributed by atoms with Crippen LogP contribution >= 0.6 is 0 Å². The highest BCUT2D eigenvalue weighted by molar-refractivity contribution is 5.84. The van der Waals surface area contributed by atoms with E-state index in [1.54, 1.807) is 6.33 Å². The zero-order chi connectivity index (χ0) is 23.4. The highest BCUT2D eigenvalue weighted by atomic mass is 16.3. The third-order valence-corrected chi connectivity index (χ3v) is 4.56. The lowest BCUT2D eigenvalue weighted by Crippen LogP contribution is -2.33.